The molecule has 0 bridgehead atoms. The second kappa shape index (κ2) is 8.41. The van der Waals surface area contributed by atoms with Crippen LogP contribution >= 0.6 is 22.7 Å². The second-order valence-corrected chi connectivity index (χ2v) is 9.42. The Morgan fingerprint density at radius 1 is 1.16 bits per heavy atom. The van der Waals surface area contributed by atoms with Gasteiger partial charge >= 0.3 is 0 Å². The summed E-state index contributed by atoms with van der Waals surface area (Å²) in [4.78, 5) is 23.9. The molecule has 0 aromatic carbocycles. The Morgan fingerprint density at radius 3 is 2.72 bits per heavy atom. The Bertz CT molecular complexity index is 710. The molecule has 0 fully saturated rings. The lowest BCUT2D eigenvalue weighted by atomic mass is 10.0. The number of aromatic nitrogens is 2. The molecule has 2 aromatic heterocycles. The third kappa shape index (κ3) is 4.88. The van der Waals surface area contributed by atoms with E-state index < -0.39 is 0 Å². The SMILES string of the molecule is Cc1nc(CC(C)C)sc1C(=O)NCCCc1nc2c(s1)CCCC2. The fourth-order valence-electron chi connectivity index (χ4n) is 3.13. The Kier molecular flexibility index (Phi) is 6.23. The average molecular weight is 378 g/mol. The summed E-state index contributed by atoms with van der Waals surface area (Å²) in [6.07, 6.45) is 7.76. The lowest BCUT2D eigenvalue weighted by molar-refractivity contribution is 0.0956. The highest BCUT2D eigenvalue weighted by Crippen LogP contribution is 2.27. The summed E-state index contributed by atoms with van der Waals surface area (Å²) < 4.78 is 0. The van der Waals surface area contributed by atoms with E-state index in [0.717, 1.165) is 41.3 Å². The molecule has 0 saturated carbocycles. The molecule has 0 unspecified atom stereocenters. The predicted molar refractivity (Wildman–Crippen MR) is 105 cm³/mol. The maximum absolute atomic E-state index is 12.4. The number of hydrogen-bond donors (Lipinski definition) is 1. The molecule has 0 spiro atoms. The van der Waals surface area contributed by atoms with Gasteiger partial charge in [-0.3, -0.25) is 4.79 Å². The van der Waals surface area contributed by atoms with Crippen LogP contribution in [0.1, 0.15) is 69.1 Å². The minimum Gasteiger partial charge on any atom is -0.351 e. The lowest BCUT2D eigenvalue weighted by Gasteiger charge is -2.06. The van der Waals surface area contributed by atoms with Gasteiger partial charge in [0.1, 0.15) is 4.88 Å². The molecule has 0 radical (unpaired) electrons. The normalized spacial score (nSPS) is 13.9. The second-order valence-electron chi connectivity index (χ2n) is 7.16. The number of carbonyl (C=O) groups excluding carboxylic acids is 1. The molecule has 2 heterocycles. The topological polar surface area (TPSA) is 54.9 Å². The molecular weight excluding hydrogens is 350 g/mol. The Labute approximate surface area is 158 Å². The van der Waals surface area contributed by atoms with E-state index in [1.54, 1.807) is 0 Å². The third-order valence-electron chi connectivity index (χ3n) is 4.37. The van der Waals surface area contributed by atoms with Crippen LogP contribution in [0.5, 0.6) is 0 Å². The molecule has 0 aliphatic heterocycles. The quantitative estimate of drug-likeness (QED) is 0.730. The first-order chi connectivity index (χ1) is 12.0. The first-order valence-electron chi connectivity index (χ1n) is 9.25. The minimum absolute atomic E-state index is 0.0171. The molecular formula is C19H27N3OS2. The summed E-state index contributed by atoms with van der Waals surface area (Å²) >= 11 is 3.41. The van der Waals surface area contributed by atoms with Gasteiger partial charge in [0.25, 0.3) is 5.91 Å². The molecule has 1 N–H and O–H groups in total. The molecule has 1 amide bonds. The zero-order valence-electron chi connectivity index (χ0n) is 15.4. The highest BCUT2D eigenvalue weighted by molar-refractivity contribution is 7.13. The van der Waals surface area contributed by atoms with Crippen molar-refractivity contribution in [2.75, 3.05) is 6.54 Å². The van der Waals surface area contributed by atoms with E-state index in [2.05, 4.69) is 24.1 Å². The van der Waals surface area contributed by atoms with Gasteiger partial charge < -0.3 is 5.32 Å². The van der Waals surface area contributed by atoms with E-state index in [1.807, 2.05) is 18.3 Å². The molecule has 1 aliphatic carbocycles. The van der Waals surface area contributed by atoms with Gasteiger partial charge in [0.2, 0.25) is 0 Å². The molecule has 1 aliphatic rings. The fourth-order valence-corrected chi connectivity index (χ4v) is 5.53. The summed E-state index contributed by atoms with van der Waals surface area (Å²) in [5.41, 5.74) is 2.18. The standard InChI is InChI=1S/C19H27N3OS2/c1-12(2)11-17-21-13(3)18(25-17)19(23)20-10-6-9-16-22-14-7-4-5-8-15(14)24-16/h12H,4-11H2,1-3H3,(H,20,23). The summed E-state index contributed by atoms with van der Waals surface area (Å²) in [5, 5.41) is 5.34. The van der Waals surface area contributed by atoms with Crippen LogP contribution in [0.3, 0.4) is 0 Å². The maximum Gasteiger partial charge on any atom is 0.263 e. The van der Waals surface area contributed by atoms with Crippen molar-refractivity contribution in [3.05, 3.63) is 31.2 Å². The van der Waals surface area contributed by atoms with Crippen LogP contribution in [0.4, 0.5) is 0 Å². The molecule has 0 atom stereocenters. The largest absolute Gasteiger partial charge is 0.351 e. The predicted octanol–water partition coefficient (Wildman–Crippen LogP) is 4.35. The van der Waals surface area contributed by atoms with Crippen molar-refractivity contribution in [1.82, 2.24) is 15.3 Å². The zero-order chi connectivity index (χ0) is 17.8. The summed E-state index contributed by atoms with van der Waals surface area (Å²) in [6, 6.07) is 0. The number of aryl methyl sites for hydroxylation is 4. The zero-order valence-corrected chi connectivity index (χ0v) is 17.0. The van der Waals surface area contributed by atoms with Gasteiger partial charge in [0.05, 0.1) is 21.4 Å². The Balaban J connectivity index is 1.46. The summed E-state index contributed by atoms with van der Waals surface area (Å²) in [5.74, 6) is 0.578. The van der Waals surface area contributed by atoms with Crippen molar-refractivity contribution in [1.29, 1.82) is 0 Å². The monoisotopic (exact) mass is 377 g/mol. The van der Waals surface area contributed by atoms with Crippen LogP contribution in [0, 0.1) is 12.8 Å². The van der Waals surface area contributed by atoms with Crippen molar-refractivity contribution in [3.63, 3.8) is 0 Å². The summed E-state index contributed by atoms with van der Waals surface area (Å²) in [7, 11) is 0. The smallest absolute Gasteiger partial charge is 0.263 e. The van der Waals surface area contributed by atoms with Gasteiger partial charge in [0, 0.05) is 24.3 Å². The molecule has 4 nitrogen and oxygen atoms in total. The Morgan fingerprint density at radius 2 is 1.96 bits per heavy atom. The molecule has 136 valence electrons. The van der Waals surface area contributed by atoms with Gasteiger partial charge in [-0.25, -0.2) is 9.97 Å². The van der Waals surface area contributed by atoms with Crippen molar-refractivity contribution in [3.8, 4) is 0 Å². The van der Waals surface area contributed by atoms with Gasteiger partial charge in [-0.05, 0) is 44.9 Å². The lowest BCUT2D eigenvalue weighted by Crippen LogP contribution is -2.24. The van der Waals surface area contributed by atoms with Crippen LogP contribution in [-0.4, -0.2) is 22.4 Å². The van der Waals surface area contributed by atoms with Crippen molar-refractivity contribution >= 4 is 28.6 Å². The molecule has 0 saturated heterocycles. The number of fused-ring (bicyclic) bond motifs is 1. The maximum atomic E-state index is 12.4. The van der Waals surface area contributed by atoms with Crippen LogP contribution in [0.25, 0.3) is 0 Å². The van der Waals surface area contributed by atoms with E-state index in [4.69, 9.17) is 4.98 Å². The van der Waals surface area contributed by atoms with Gasteiger partial charge in [0.15, 0.2) is 0 Å². The highest BCUT2D eigenvalue weighted by Gasteiger charge is 2.17. The van der Waals surface area contributed by atoms with E-state index >= 15 is 0 Å². The van der Waals surface area contributed by atoms with Crippen molar-refractivity contribution in [2.24, 2.45) is 5.92 Å². The number of nitrogens with one attached hydrogen (secondary N) is 1. The fraction of sp³-hybridized carbons (Fsp3) is 0.632. The van der Waals surface area contributed by atoms with E-state index in [-0.39, 0.29) is 5.91 Å². The van der Waals surface area contributed by atoms with E-state index in [1.165, 1.54) is 46.2 Å². The first kappa shape index (κ1) is 18.5. The number of rotatable bonds is 7. The minimum atomic E-state index is 0.0171. The van der Waals surface area contributed by atoms with Gasteiger partial charge in [-0.1, -0.05) is 13.8 Å². The average Bonchev–Trinajstić information content (AvgIpc) is 3.13. The number of carbonyl (C=O) groups is 1. The third-order valence-corrected chi connectivity index (χ3v) is 6.77. The van der Waals surface area contributed by atoms with E-state index in [0.29, 0.717) is 12.5 Å². The van der Waals surface area contributed by atoms with Crippen molar-refractivity contribution in [2.45, 2.75) is 65.7 Å². The number of nitrogens with zero attached hydrogens (tertiary/aromatic N) is 2. The van der Waals surface area contributed by atoms with E-state index in [9.17, 15) is 4.79 Å². The highest BCUT2D eigenvalue weighted by atomic mass is 32.1. The molecule has 25 heavy (non-hydrogen) atoms. The number of thiazole rings is 2. The van der Waals surface area contributed by atoms with Gasteiger partial charge in [-0.15, -0.1) is 22.7 Å². The van der Waals surface area contributed by atoms with Crippen molar-refractivity contribution < 1.29 is 4.79 Å². The number of amides is 1. The van der Waals surface area contributed by atoms with Crippen LogP contribution in [0.15, 0.2) is 0 Å². The number of hydrogen-bond acceptors (Lipinski definition) is 5. The van der Waals surface area contributed by atoms with Crippen LogP contribution < -0.4 is 5.32 Å². The summed E-state index contributed by atoms with van der Waals surface area (Å²) in [6.45, 7) is 6.97. The van der Waals surface area contributed by atoms with Gasteiger partial charge in [-0.2, -0.15) is 0 Å². The molecule has 3 rings (SSSR count). The molecule has 6 heteroatoms. The Hall–Kier alpha value is -1.27. The molecule has 2 aromatic rings. The van der Waals surface area contributed by atoms with Crippen LogP contribution in [-0.2, 0) is 25.7 Å². The first-order valence-corrected chi connectivity index (χ1v) is 10.9. The van der Waals surface area contributed by atoms with Crippen LogP contribution in [0.2, 0.25) is 0 Å².